The molecule has 0 aliphatic carbocycles. The third-order valence-corrected chi connectivity index (χ3v) is 3.56. The summed E-state index contributed by atoms with van der Waals surface area (Å²) in [5.41, 5.74) is 0. The van der Waals surface area contributed by atoms with E-state index in [9.17, 15) is 9.90 Å². The van der Waals surface area contributed by atoms with E-state index in [0.29, 0.717) is 13.1 Å². The van der Waals surface area contributed by atoms with Gasteiger partial charge in [-0.15, -0.1) is 11.3 Å². The number of amides is 1. The van der Waals surface area contributed by atoms with Crippen molar-refractivity contribution in [3.05, 3.63) is 22.4 Å². The fraction of sp³-hybridized carbons (Fsp3) is 0.500. The first-order valence-corrected chi connectivity index (χ1v) is 5.77. The van der Waals surface area contributed by atoms with Crippen molar-refractivity contribution < 1.29 is 9.90 Å². The molecular weight excluding hydrogens is 212 g/mol. The SMILES string of the molecule is CN(C(=O)c1cccs1)[C@H]1CNC[C@@H]1O. The summed E-state index contributed by atoms with van der Waals surface area (Å²) in [4.78, 5) is 14.3. The van der Waals surface area contributed by atoms with Crippen molar-refractivity contribution >= 4 is 17.2 Å². The van der Waals surface area contributed by atoms with Crippen LogP contribution < -0.4 is 5.32 Å². The van der Waals surface area contributed by atoms with Crippen LogP contribution in [0, 0.1) is 0 Å². The maximum Gasteiger partial charge on any atom is 0.264 e. The number of carbonyl (C=O) groups is 1. The molecule has 2 atom stereocenters. The highest BCUT2D eigenvalue weighted by Gasteiger charge is 2.31. The van der Waals surface area contributed by atoms with Crippen molar-refractivity contribution in [2.24, 2.45) is 0 Å². The molecule has 5 heteroatoms. The third kappa shape index (κ3) is 2.04. The molecule has 0 spiro atoms. The van der Waals surface area contributed by atoms with Gasteiger partial charge in [0.05, 0.1) is 17.0 Å². The predicted octanol–water partition coefficient (Wildman–Crippen LogP) is 0.153. The standard InChI is InChI=1S/C10H14N2O2S/c1-12(7-5-11-6-8(7)13)10(14)9-3-2-4-15-9/h2-4,7-8,11,13H,5-6H2,1H3/t7-,8-/m0/s1. The highest BCUT2D eigenvalue weighted by molar-refractivity contribution is 7.12. The minimum Gasteiger partial charge on any atom is -0.390 e. The minimum absolute atomic E-state index is 0.0160. The number of β-amino-alcohol motifs (C(OH)–C–C–N with tert-alkyl or cyclic N) is 1. The third-order valence-electron chi connectivity index (χ3n) is 2.70. The lowest BCUT2D eigenvalue weighted by Crippen LogP contribution is -2.44. The van der Waals surface area contributed by atoms with Gasteiger partial charge in [-0.05, 0) is 11.4 Å². The first-order chi connectivity index (χ1) is 7.20. The Balaban J connectivity index is 2.07. The molecule has 1 aliphatic rings. The molecule has 0 saturated carbocycles. The summed E-state index contributed by atoms with van der Waals surface area (Å²) in [6, 6.07) is 3.55. The molecular formula is C10H14N2O2S. The van der Waals surface area contributed by atoms with Crippen LogP contribution in [0.15, 0.2) is 17.5 Å². The second-order valence-electron chi connectivity index (χ2n) is 3.69. The number of carbonyl (C=O) groups excluding carboxylic acids is 1. The molecule has 4 nitrogen and oxygen atoms in total. The Labute approximate surface area is 92.5 Å². The number of nitrogens with one attached hydrogen (secondary N) is 1. The normalized spacial score (nSPS) is 25.5. The smallest absolute Gasteiger partial charge is 0.264 e. The summed E-state index contributed by atoms with van der Waals surface area (Å²) < 4.78 is 0. The van der Waals surface area contributed by atoms with Crippen molar-refractivity contribution in [1.82, 2.24) is 10.2 Å². The lowest BCUT2D eigenvalue weighted by atomic mass is 10.2. The lowest BCUT2D eigenvalue weighted by molar-refractivity contribution is 0.0585. The highest BCUT2D eigenvalue weighted by Crippen LogP contribution is 2.15. The Kier molecular flexibility index (Phi) is 3.04. The Morgan fingerprint density at radius 1 is 1.67 bits per heavy atom. The van der Waals surface area contributed by atoms with Crippen molar-refractivity contribution in [2.45, 2.75) is 12.1 Å². The molecule has 1 saturated heterocycles. The van der Waals surface area contributed by atoms with E-state index in [-0.39, 0.29) is 11.9 Å². The molecule has 1 aromatic rings. The van der Waals surface area contributed by atoms with Crippen LogP contribution in [0.1, 0.15) is 9.67 Å². The molecule has 0 bridgehead atoms. The van der Waals surface area contributed by atoms with Gasteiger partial charge >= 0.3 is 0 Å². The summed E-state index contributed by atoms with van der Waals surface area (Å²) in [5.74, 6) is -0.0160. The molecule has 82 valence electrons. The van der Waals surface area contributed by atoms with Crippen LogP contribution in [0.3, 0.4) is 0 Å². The number of hydrogen-bond donors (Lipinski definition) is 2. The molecule has 1 amide bonds. The van der Waals surface area contributed by atoms with Gasteiger partial charge in [0.25, 0.3) is 5.91 Å². The van der Waals surface area contributed by atoms with E-state index in [4.69, 9.17) is 0 Å². The summed E-state index contributed by atoms with van der Waals surface area (Å²) >= 11 is 1.43. The number of likely N-dealkylation sites (N-methyl/N-ethyl adjacent to an activating group) is 1. The molecule has 1 aliphatic heterocycles. The van der Waals surface area contributed by atoms with Crippen LogP contribution in [-0.2, 0) is 0 Å². The Morgan fingerprint density at radius 3 is 3.00 bits per heavy atom. The van der Waals surface area contributed by atoms with E-state index in [1.54, 1.807) is 18.0 Å². The zero-order chi connectivity index (χ0) is 10.8. The van der Waals surface area contributed by atoms with Crippen LogP contribution >= 0.6 is 11.3 Å². The Bertz CT molecular complexity index is 339. The number of thiophene rings is 1. The minimum atomic E-state index is -0.459. The van der Waals surface area contributed by atoms with E-state index in [2.05, 4.69) is 5.32 Å². The fourth-order valence-electron chi connectivity index (χ4n) is 1.77. The van der Waals surface area contributed by atoms with Crippen molar-refractivity contribution in [2.75, 3.05) is 20.1 Å². The van der Waals surface area contributed by atoms with Crippen molar-refractivity contribution in [1.29, 1.82) is 0 Å². The van der Waals surface area contributed by atoms with E-state index < -0.39 is 6.10 Å². The van der Waals surface area contributed by atoms with Crippen LogP contribution in [-0.4, -0.2) is 48.2 Å². The van der Waals surface area contributed by atoms with E-state index in [1.807, 2.05) is 11.4 Å². The van der Waals surface area contributed by atoms with E-state index in [0.717, 1.165) is 4.88 Å². The zero-order valence-electron chi connectivity index (χ0n) is 8.51. The first kappa shape index (κ1) is 10.6. The highest BCUT2D eigenvalue weighted by atomic mass is 32.1. The van der Waals surface area contributed by atoms with Gasteiger partial charge in [0.1, 0.15) is 0 Å². The summed E-state index contributed by atoms with van der Waals surface area (Å²) in [6.07, 6.45) is -0.459. The molecule has 15 heavy (non-hydrogen) atoms. The fourth-order valence-corrected chi connectivity index (χ4v) is 2.48. The zero-order valence-corrected chi connectivity index (χ0v) is 9.33. The molecule has 0 aromatic carbocycles. The first-order valence-electron chi connectivity index (χ1n) is 4.89. The Hall–Kier alpha value is -0.910. The lowest BCUT2D eigenvalue weighted by Gasteiger charge is -2.25. The van der Waals surface area contributed by atoms with Gasteiger partial charge in [-0.3, -0.25) is 4.79 Å². The van der Waals surface area contributed by atoms with Crippen LogP contribution in [0.2, 0.25) is 0 Å². The van der Waals surface area contributed by atoms with Gasteiger partial charge in [-0.1, -0.05) is 6.07 Å². The molecule has 2 rings (SSSR count). The maximum atomic E-state index is 11.9. The quantitative estimate of drug-likeness (QED) is 0.755. The van der Waals surface area contributed by atoms with E-state index in [1.165, 1.54) is 11.3 Å². The van der Waals surface area contributed by atoms with Crippen LogP contribution in [0.4, 0.5) is 0 Å². The largest absolute Gasteiger partial charge is 0.390 e. The number of rotatable bonds is 2. The number of nitrogens with zero attached hydrogens (tertiary/aromatic N) is 1. The van der Waals surface area contributed by atoms with Gasteiger partial charge in [0.15, 0.2) is 0 Å². The molecule has 0 radical (unpaired) electrons. The number of hydrogen-bond acceptors (Lipinski definition) is 4. The average Bonchev–Trinajstić information content (AvgIpc) is 2.85. The number of aliphatic hydroxyl groups excluding tert-OH is 1. The number of aliphatic hydroxyl groups is 1. The monoisotopic (exact) mass is 226 g/mol. The van der Waals surface area contributed by atoms with Crippen LogP contribution in [0.5, 0.6) is 0 Å². The predicted molar refractivity (Wildman–Crippen MR) is 59.1 cm³/mol. The molecule has 2 N–H and O–H groups in total. The van der Waals surface area contributed by atoms with Crippen LogP contribution in [0.25, 0.3) is 0 Å². The second-order valence-corrected chi connectivity index (χ2v) is 4.63. The maximum absolute atomic E-state index is 11.9. The molecule has 0 unspecified atom stereocenters. The summed E-state index contributed by atoms with van der Waals surface area (Å²) in [5, 5.41) is 14.6. The Morgan fingerprint density at radius 2 is 2.47 bits per heavy atom. The van der Waals surface area contributed by atoms with Gasteiger partial charge in [0, 0.05) is 20.1 Å². The second kappa shape index (κ2) is 4.30. The summed E-state index contributed by atoms with van der Waals surface area (Å²) in [7, 11) is 1.74. The van der Waals surface area contributed by atoms with Gasteiger partial charge < -0.3 is 15.3 Å². The van der Waals surface area contributed by atoms with Crippen molar-refractivity contribution in [3.63, 3.8) is 0 Å². The molecule has 2 heterocycles. The topological polar surface area (TPSA) is 52.6 Å². The van der Waals surface area contributed by atoms with Gasteiger partial charge in [-0.25, -0.2) is 0 Å². The molecule has 1 fully saturated rings. The summed E-state index contributed by atoms with van der Waals surface area (Å²) in [6.45, 7) is 1.22. The van der Waals surface area contributed by atoms with Gasteiger partial charge in [0.2, 0.25) is 0 Å². The molecule has 1 aromatic heterocycles. The van der Waals surface area contributed by atoms with Crippen molar-refractivity contribution in [3.8, 4) is 0 Å². The van der Waals surface area contributed by atoms with E-state index >= 15 is 0 Å². The average molecular weight is 226 g/mol. The van der Waals surface area contributed by atoms with Gasteiger partial charge in [-0.2, -0.15) is 0 Å².